The third kappa shape index (κ3) is 8.18. The normalized spacial score (nSPS) is 13.9. The van der Waals surface area contributed by atoms with E-state index in [1.807, 2.05) is 38.3 Å². The van der Waals surface area contributed by atoms with Crippen molar-refractivity contribution >= 4 is 11.4 Å². The van der Waals surface area contributed by atoms with Crippen LogP contribution in [0.15, 0.2) is 73.5 Å². The number of anilines is 2. The van der Waals surface area contributed by atoms with E-state index in [1.165, 1.54) is 0 Å². The van der Waals surface area contributed by atoms with Crippen LogP contribution in [0.25, 0.3) is 28.5 Å². The van der Waals surface area contributed by atoms with Gasteiger partial charge >= 0.3 is 6.18 Å². The number of halogens is 5. The molecule has 1 radical (unpaired) electrons. The van der Waals surface area contributed by atoms with Crippen LogP contribution in [-0.4, -0.2) is 38.5 Å². The van der Waals surface area contributed by atoms with Crippen LogP contribution in [0, 0.1) is 64.8 Å². The fraction of sp³-hybridized carbons (Fsp3) is 0.189. The fourth-order valence-electron chi connectivity index (χ4n) is 5.71. The summed E-state index contributed by atoms with van der Waals surface area (Å²) in [6.45, 7) is 11.3. The zero-order valence-electron chi connectivity index (χ0n) is 28.4. The average Bonchev–Trinajstić information content (AvgIpc) is 3.85. The van der Waals surface area contributed by atoms with Gasteiger partial charge in [-0.3, -0.25) is 13.8 Å². The average molecular weight is 876 g/mol. The van der Waals surface area contributed by atoms with Crippen molar-refractivity contribution in [1.29, 1.82) is 0 Å². The van der Waals surface area contributed by atoms with E-state index in [0.717, 1.165) is 52.3 Å². The molecule has 0 atom stereocenters. The summed E-state index contributed by atoms with van der Waals surface area (Å²) in [4.78, 5) is 11.3. The van der Waals surface area contributed by atoms with Crippen LogP contribution in [0.3, 0.4) is 0 Å². The van der Waals surface area contributed by atoms with Crippen molar-refractivity contribution in [2.75, 3.05) is 23.9 Å². The van der Waals surface area contributed by atoms with Crippen molar-refractivity contribution < 1.29 is 42.1 Å². The number of aryl methyl sites for hydroxylation is 4. The van der Waals surface area contributed by atoms with E-state index in [1.54, 1.807) is 78.0 Å². The molecule has 2 aromatic heterocycles. The van der Waals surface area contributed by atoms with Crippen molar-refractivity contribution in [3.05, 3.63) is 139 Å². The monoisotopic (exact) mass is 876 g/mol. The number of rotatable bonds is 5. The molecule has 269 valence electrons. The molecular formula is C37H32F5IrN8-5. The predicted molar refractivity (Wildman–Crippen MR) is 181 cm³/mol. The van der Waals surface area contributed by atoms with Crippen molar-refractivity contribution in [2.24, 2.45) is 0 Å². The minimum absolute atomic E-state index is 0. The van der Waals surface area contributed by atoms with Crippen LogP contribution >= 0.6 is 0 Å². The molecule has 0 spiro atoms. The standard InChI is InChI=1S/C22H18F2N4.C15H14F3N4.Ir/c1-12-7-13(2)21(14(3)8-12)28-11-20(17-6-5-16(23)10-18(17)24)25-22(28)19-9-15(4)26-27-19;1-19-3-5-21(10-19)13-7-12(15(16,17)18)8-14(9-13)22-6-4-20(2)11-22;/h5,7-11H,1-4H3;3-8,10-11H,1-2H3;/q-2;-3;. The van der Waals surface area contributed by atoms with Gasteiger partial charge in [0.2, 0.25) is 0 Å². The molecule has 0 fully saturated rings. The summed E-state index contributed by atoms with van der Waals surface area (Å²) in [6.07, 6.45) is 4.20. The van der Waals surface area contributed by atoms with Crippen molar-refractivity contribution in [3.8, 4) is 28.5 Å². The van der Waals surface area contributed by atoms with Gasteiger partial charge < -0.3 is 34.4 Å². The second kappa shape index (κ2) is 14.7. The summed E-state index contributed by atoms with van der Waals surface area (Å²) in [5, 5.41) is 8.26. The molecule has 51 heavy (non-hydrogen) atoms. The SMILES string of the molecule is CN1C=CN(c2[c-]c(N3C=CN(C)[CH-]3)cc(C(F)(F)F)c2)[CH-]1.Cc1cc(C)c(-n2cc(-c3[c-]cc(F)cc3F)nc2-c2cc(C)n[n-]2)c(C)c1.[Ir]. The third-order valence-electron chi connectivity index (χ3n) is 7.85. The molecule has 14 heteroatoms. The zero-order chi connectivity index (χ0) is 35.9. The number of hydrogen-bond donors (Lipinski definition) is 0. The predicted octanol–water partition coefficient (Wildman–Crippen LogP) is 8.06. The van der Waals surface area contributed by atoms with Gasteiger partial charge in [-0.25, -0.2) is 0 Å². The van der Waals surface area contributed by atoms with E-state index in [9.17, 15) is 22.0 Å². The molecule has 2 aliphatic rings. The summed E-state index contributed by atoms with van der Waals surface area (Å²) < 4.78 is 69.0. The quantitative estimate of drug-likeness (QED) is 0.131. The van der Waals surface area contributed by atoms with Gasteiger partial charge in [-0.05, 0) is 83.9 Å². The topological polar surface area (TPSA) is 57.8 Å². The van der Waals surface area contributed by atoms with Gasteiger partial charge in [-0.1, -0.05) is 46.6 Å². The summed E-state index contributed by atoms with van der Waals surface area (Å²) >= 11 is 0. The molecule has 0 bridgehead atoms. The molecule has 4 heterocycles. The second-order valence-corrected chi connectivity index (χ2v) is 12.1. The van der Waals surface area contributed by atoms with E-state index in [-0.39, 0.29) is 25.7 Å². The van der Waals surface area contributed by atoms with Gasteiger partial charge in [0.05, 0.1) is 5.69 Å². The summed E-state index contributed by atoms with van der Waals surface area (Å²) in [5.74, 6) is -0.843. The summed E-state index contributed by atoms with van der Waals surface area (Å²) in [6, 6.07) is 15.8. The van der Waals surface area contributed by atoms with E-state index in [0.29, 0.717) is 28.6 Å². The van der Waals surface area contributed by atoms with E-state index in [2.05, 4.69) is 39.4 Å². The number of imidazole rings is 1. The Hall–Kier alpha value is -4.94. The van der Waals surface area contributed by atoms with Crippen LogP contribution in [0.4, 0.5) is 33.3 Å². The first kappa shape index (κ1) is 37.3. The van der Waals surface area contributed by atoms with Crippen LogP contribution in [0.5, 0.6) is 0 Å². The molecule has 0 N–H and O–H groups in total. The zero-order valence-corrected chi connectivity index (χ0v) is 30.8. The molecule has 0 amide bonds. The fourth-order valence-corrected chi connectivity index (χ4v) is 5.71. The Labute approximate surface area is 306 Å². The minimum Gasteiger partial charge on any atom is -0.572 e. The van der Waals surface area contributed by atoms with E-state index >= 15 is 0 Å². The maximum absolute atomic E-state index is 14.3. The van der Waals surface area contributed by atoms with Crippen molar-refractivity contribution in [2.45, 2.75) is 33.9 Å². The van der Waals surface area contributed by atoms with Gasteiger partial charge in [0, 0.05) is 43.1 Å². The van der Waals surface area contributed by atoms with Gasteiger partial charge in [0.25, 0.3) is 0 Å². The van der Waals surface area contributed by atoms with E-state index < -0.39 is 23.4 Å². The molecule has 5 aromatic rings. The number of hydrogen-bond acceptors (Lipinski definition) is 6. The second-order valence-electron chi connectivity index (χ2n) is 12.1. The largest absolute Gasteiger partial charge is 0.572 e. The first-order chi connectivity index (χ1) is 23.7. The number of alkyl halides is 3. The van der Waals surface area contributed by atoms with E-state index in [4.69, 9.17) is 0 Å². The number of nitrogens with zero attached hydrogens (tertiary/aromatic N) is 8. The first-order valence-corrected chi connectivity index (χ1v) is 15.4. The Balaban J connectivity index is 0.000000199. The Morgan fingerprint density at radius 3 is 1.86 bits per heavy atom. The Morgan fingerprint density at radius 2 is 1.39 bits per heavy atom. The molecule has 7 rings (SSSR count). The van der Waals surface area contributed by atoms with Crippen LogP contribution < -0.4 is 14.9 Å². The first-order valence-electron chi connectivity index (χ1n) is 15.4. The minimum atomic E-state index is -4.41. The Bertz CT molecular complexity index is 2030. The van der Waals surface area contributed by atoms with Gasteiger partial charge in [0.1, 0.15) is 5.82 Å². The maximum atomic E-state index is 14.3. The molecule has 8 nitrogen and oxygen atoms in total. The number of aromatic nitrogens is 4. The number of benzene rings is 3. The van der Waals surface area contributed by atoms with Gasteiger partial charge in [-0.2, -0.15) is 26.5 Å². The maximum Gasteiger partial charge on any atom is 0.394 e. The Morgan fingerprint density at radius 1 is 0.804 bits per heavy atom. The van der Waals surface area contributed by atoms with Crippen molar-refractivity contribution in [3.63, 3.8) is 0 Å². The molecule has 0 aliphatic carbocycles. The van der Waals surface area contributed by atoms with Crippen LogP contribution in [0.1, 0.15) is 27.9 Å². The molecular weight excluding hydrogens is 844 g/mol. The molecule has 2 aliphatic heterocycles. The third-order valence-corrected chi connectivity index (χ3v) is 7.85. The molecule has 0 saturated heterocycles. The molecule has 3 aromatic carbocycles. The Kier molecular flexibility index (Phi) is 10.8. The molecule has 0 unspecified atom stereocenters. The summed E-state index contributed by atoms with van der Waals surface area (Å²) in [5.41, 5.74) is 6.00. The van der Waals surface area contributed by atoms with Crippen molar-refractivity contribution in [1.82, 2.24) is 29.5 Å². The van der Waals surface area contributed by atoms with Crippen LogP contribution in [0.2, 0.25) is 0 Å². The van der Waals surface area contributed by atoms with Gasteiger partial charge in [0.15, 0.2) is 0 Å². The summed E-state index contributed by atoms with van der Waals surface area (Å²) in [7, 11) is 3.61. The molecule has 0 saturated carbocycles. The smallest absolute Gasteiger partial charge is 0.394 e. The van der Waals surface area contributed by atoms with Crippen LogP contribution in [-0.2, 0) is 26.3 Å². The van der Waals surface area contributed by atoms with Gasteiger partial charge in [-0.15, -0.1) is 41.7 Å².